The molecule has 0 radical (unpaired) electrons. The molecule has 0 bridgehead atoms. The Morgan fingerprint density at radius 3 is 2.84 bits per heavy atom. The van der Waals surface area contributed by atoms with Crippen molar-refractivity contribution in [2.75, 3.05) is 6.54 Å². The van der Waals surface area contributed by atoms with Crippen molar-refractivity contribution >= 4 is 11.8 Å². The molecule has 1 unspecified atom stereocenters. The van der Waals surface area contributed by atoms with Crippen molar-refractivity contribution in [1.29, 1.82) is 0 Å². The summed E-state index contributed by atoms with van der Waals surface area (Å²) in [6.07, 6.45) is 1.94. The van der Waals surface area contributed by atoms with E-state index in [1.165, 1.54) is 6.92 Å². The van der Waals surface area contributed by atoms with Crippen LogP contribution in [0.3, 0.4) is 0 Å². The molecule has 1 aliphatic heterocycles. The first-order valence-electron chi connectivity index (χ1n) is 8.59. The maximum atomic E-state index is 12.8. The van der Waals surface area contributed by atoms with Crippen LogP contribution in [-0.2, 0) is 17.9 Å². The predicted octanol–water partition coefficient (Wildman–Crippen LogP) is 2.03. The van der Waals surface area contributed by atoms with Gasteiger partial charge in [0.25, 0.3) is 5.91 Å². The van der Waals surface area contributed by atoms with Crippen LogP contribution in [-0.4, -0.2) is 39.1 Å². The summed E-state index contributed by atoms with van der Waals surface area (Å²) in [5.74, 6) is 0.667. The minimum absolute atomic E-state index is 0.0990. The van der Waals surface area contributed by atoms with Crippen LogP contribution in [0.25, 0.3) is 0 Å². The molecule has 134 valence electrons. The molecular weight excluding hydrogens is 320 g/mol. The van der Waals surface area contributed by atoms with Gasteiger partial charge in [0.2, 0.25) is 5.91 Å². The average molecular weight is 344 g/mol. The van der Waals surface area contributed by atoms with Gasteiger partial charge in [-0.2, -0.15) is 5.10 Å². The zero-order chi connectivity index (χ0) is 18.0. The number of likely N-dealkylation sites (tertiary alicyclic amines) is 1. The summed E-state index contributed by atoms with van der Waals surface area (Å²) in [7, 11) is 0. The first-order chi connectivity index (χ1) is 11.9. The molecule has 3 heterocycles. The van der Waals surface area contributed by atoms with Gasteiger partial charge in [0.15, 0.2) is 5.76 Å². The number of hydrogen-bond acceptors (Lipinski definition) is 4. The fourth-order valence-corrected chi connectivity index (χ4v) is 3.29. The molecule has 7 heteroatoms. The van der Waals surface area contributed by atoms with E-state index in [-0.39, 0.29) is 24.4 Å². The lowest BCUT2D eigenvalue weighted by atomic mass is 10.2. The van der Waals surface area contributed by atoms with Crippen molar-refractivity contribution in [1.82, 2.24) is 20.0 Å². The van der Waals surface area contributed by atoms with Crippen LogP contribution < -0.4 is 5.32 Å². The van der Waals surface area contributed by atoms with Crippen molar-refractivity contribution in [3.05, 3.63) is 41.1 Å². The van der Waals surface area contributed by atoms with Gasteiger partial charge in [0.1, 0.15) is 5.76 Å². The van der Waals surface area contributed by atoms with Crippen molar-refractivity contribution < 1.29 is 14.0 Å². The van der Waals surface area contributed by atoms with Crippen LogP contribution in [0.15, 0.2) is 22.6 Å². The van der Waals surface area contributed by atoms with Crippen molar-refractivity contribution in [2.24, 2.45) is 0 Å². The Labute approximate surface area is 147 Å². The quantitative estimate of drug-likeness (QED) is 0.900. The molecule has 2 aromatic heterocycles. The van der Waals surface area contributed by atoms with Gasteiger partial charge in [0, 0.05) is 19.2 Å². The molecule has 1 atom stereocenters. The maximum absolute atomic E-state index is 12.8. The predicted molar refractivity (Wildman–Crippen MR) is 92.0 cm³/mol. The third-order valence-electron chi connectivity index (χ3n) is 4.51. The maximum Gasteiger partial charge on any atom is 0.289 e. The van der Waals surface area contributed by atoms with Crippen LogP contribution in [0.5, 0.6) is 0 Å². The van der Waals surface area contributed by atoms with Gasteiger partial charge >= 0.3 is 0 Å². The normalized spacial score (nSPS) is 17.1. The smallest absolute Gasteiger partial charge is 0.289 e. The molecule has 1 fully saturated rings. The number of furan rings is 1. The molecule has 1 N–H and O–H groups in total. The summed E-state index contributed by atoms with van der Waals surface area (Å²) in [6.45, 7) is 7.17. The second-order valence-electron chi connectivity index (χ2n) is 6.58. The number of aromatic nitrogens is 2. The second kappa shape index (κ2) is 7.13. The summed E-state index contributed by atoms with van der Waals surface area (Å²) in [5.41, 5.74) is 2.09. The van der Waals surface area contributed by atoms with Gasteiger partial charge in [-0.3, -0.25) is 14.3 Å². The molecule has 0 aliphatic carbocycles. The standard InChI is InChI=1S/C18H24N4O3/c1-12-9-13(2)22(20-12)11-15-5-4-8-21(15)18(24)17-7-6-16(25-17)10-19-14(3)23/h6-7,9,15H,4-5,8,10-11H2,1-3H3,(H,19,23). The van der Waals surface area contributed by atoms with E-state index in [2.05, 4.69) is 10.4 Å². The first kappa shape index (κ1) is 17.3. The number of rotatable bonds is 5. The number of hydrogen-bond donors (Lipinski definition) is 1. The number of carbonyl (C=O) groups is 2. The fraction of sp³-hybridized carbons (Fsp3) is 0.500. The van der Waals surface area contributed by atoms with Gasteiger partial charge in [-0.1, -0.05) is 0 Å². The van der Waals surface area contributed by atoms with Crippen LogP contribution in [0.4, 0.5) is 0 Å². The number of amides is 2. The molecule has 7 nitrogen and oxygen atoms in total. The molecule has 3 rings (SSSR count). The Balaban J connectivity index is 1.68. The van der Waals surface area contributed by atoms with Crippen molar-refractivity contribution in [3.8, 4) is 0 Å². The molecule has 0 spiro atoms. The number of carbonyl (C=O) groups excluding carboxylic acids is 2. The minimum Gasteiger partial charge on any atom is -0.454 e. The van der Waals surface area contributed by atoms with Crippen LogP contribution in [0.2, 0.25) is 0 Å². The first-order valence-corrected chi connectivity index (χ1v) is 8.59. The lowest BCUT2D eigenvalue weighted by molar-refractivity contribution is -0.119. The van der Waals surface area contributed by atoms with E-state index in [1.54, 1.807) is 12.1 Å². The molecular formula is C18H24N4O3. The summed E-state index contributed by atoms with van der Waals surface area (Å²) < 4.78 is 7.57. The summed E-state index contributed by atoms with van der Waals surface area (Å²) in [6, 6.07) is 5.57. The van der Waals surface area contributed by atoms with Gasteiger partial charge in [-0.25, -0.2) is 0 Å². The Morgan fingerprint density at radius 2 is 2.16 bits per heavy atom. The van der Waals surface area contributed by atoms with E-state index in [1.807, 2.05) is 29.5 Å². The lowest BCUT2D eigenvalue weighted by Gasteiger charge is -2.24. The Kier molecular flexibility index (Phi) is 4.92. The van der Waals surface area contributed by atoms with Crippen molar-refractivity contribution in [3.63, 3.8) is 0 Å². The third kappa shape index (κ3) is 3.92. The summed E-state index contributed by atoms with van der Waals surface area (Å²) in [4.78, 5) is 25.7. The minimum atomic E-state index is -0.131. The lowest BCUT2D eigenvalue weighted by Crippen LogP contribution is -2.38. The average Bonchev–Trinajstić information content (AvgIpc) is 3.26. The number of nitrogens with zero attached hydrogens (tertiary/aromatic N) is 3. The van der Waals surface area contributed by atoms with E-state index < -0.39 is 0 Å². The molecule has 0 aromatic carbocycles. The highest BCUT2D eigenvalue weighted by Gasteiger charge is 2.31. The van der Waals surface area contributed by atoms with Crippen LogP contribution >= 0.6 is 0 Å². The largest absolute Gasteiger partial charge is 0.454 e. The summed E-state index contributed by atoms with van der Waals surface area (Å²) in [5, 5.41) is 7.16. The summed E-state index contributed by atoms with van der Waals surface area (Å²) >= 11 is 0. The van der Waals surface area contributed by atoms with E-state index in [4.69, 9.17) is 4.42 Å². The van der Waals surface area contributed by atoms with Gasteiger partial charge in [0.05, 0.1) is 24.8 Å². The Hall–Kier alpha value is -2.57. The Morgan fingerprint density at radius 1 is 1.36 bits per heavy atom. The molecule has 2 amide bonds. The van der Waals surface area contributed by atoms with E-state index >= 15 is 0 Å². The molecule has 2 aromatic rings. The highest BCUT2D eigenvalue weighted by atomic mass is 16.4. The molecule has 1 aliphatic rings. The topological polar surface area (TPSA) is 80.4 Å². The fourth-order valence-electron chi connectivity index (χ4n) is 3.29. The highest BCUT2D eigenvalue weighted by molar-refractivity contribution is 5.92. The molecule has 25 heavy (non-hydrogen) atoms. The molecule has 1 saturated heterocycles. The third-order valence-corrected chi connectivity index (χ3v) is 4.51. The van der Waals surface area contributed by atoms with E-state index in [0.717, 1.165) is 30.8 Å². The van der Waals surface area contributed by atoms with Gasteiger partial charge in [-0.15, -0.1) is 0 Å². The second-order valence-corrected chi connectivity index (χ2v) is 6.58. The monoisotopic (exact) mass is 344 g/mol. The van der Waals surface area contributed by atoms with Gasteiger partial charge < -0.3 is 14.6 Å². The Bertz CT molecular complexity index is 777. The van der Waals surface area contributed by atoms with E-state index in [9.17, 15) is 9.59 Å². The SMILES string of the molecule is CC(=O)NCc1ccc(C(=O)N2CCCC2Cn2nc(C)cc2C)o1. The zero-order valence-corrected chi connectivity index (χ0v) is 14.9. The van der Waals surface area contributed by atoms with Gasteiger partial charge in [-0.05, 0) is 44.9 Å². The van der Waals surface area contributed by atoms with Crippen LogP contribution in [0, 0.1) is 13.8 Å². The van der Waals surface area contributed by atoms with Crippen LogP contribution in [0.1, 0.15) is 47.5 Å². The van der Waals surface area contributed by atoms with Crippen molar-refractivity contribution in [2.45, 2.75) is 52.7 Å². The number of aryl methyl sites for hydroxylation is 2. The zero-order valence-electron chi connectivity index (χ0n) is 14.9. The van der Waals surface area contributed by atoms with E-state index in [0.29, 0.717) is 18.1 Å². The number of nitrogens with one attached hydrogen (secondary N) is 1. The molecule has 0 saturated carbocycles. The highest BCUT2D eigenvalue weighted by Crippen LogP contribution is 2.23.